The summed E-state index contributed by atoms with van der Waals surface area (Å²) in [7, 11) is 0. The lowest BCUT2D eigenvalue weighted by Crippen LogP contribution is -2.31. The molecule has 0 aliphatic rings. The van der Waals surface area contributed by atoms with Crippen molar-refractivity contribution in [2.75, 3.05) is 4.90 Å². The summed E-state index contributed by atoms with van der Waals surface area (Å²) in [6.07, 6.45) is 4.77. The molecular formula is C21H18N4O. The summed E-state index contributed by atoms with van der Waals surface area (Å²) in [5.74, 6) is 0.0459. The topological polar surface area (TPSA) is 61.9 Å². The van der Waals surface area contributed by atoms with Gasteiger partial charge in [0.05, 0.1) is 11.8 Å². The van der Waals surface area contributed by atoms with E-state index in [1.807, 2.05) is 67.6 Å². The Morgan fingerprint density at radius 2 is 1.81 bits per heavy atom. The minimum absolute atomic E-state index is 0.284. The normalized spacial score (nSPS) is 11.0. The van der Waals surface area contributed by atoms with Crippen molar-refractivity contribution in [2.24, 2.45) is 0 Å². The Kier molecular flexibility index (Phi) is 5.25. The minimum Gasteiger partial charge on any atom is -0.327 e. The number of allylic oxidation sites excluding steroid dienone is 1. The largest absolute Gasteiger partial charge is 0.327 e. The number of nitriles is 1. The standard InChI is InChI=1S/C21H18N4O/c1-2-24-16-15-23-20(24)21(26)25(18-11-7-4-8-12-18)19(13-14-22)17-9-5-3-6-10-17/h3-13,15-16H,2H2,1H3/b19-13-. The van der Waals surface area contributed by atoms with Crippen LogP contribution in [0.5, 0.6) is 0 Å². The summed E-state index contributed by atoms with van der Waals surface area (Å²) in [6, 6.07) is 20.7. The highest BCUT2D eigenvalue weighted by molar-refractivity contribution is 6.13. The lowest BCUT2D eigenvalue weighted by Gasteiger charge is -2.25. The number of nitrogens with zero attached hydrogens (tertiary/aromatic N) is 4. The highest BCUT2D eigenvalue weighted by Crippen LogP contribution is 2.28. The molecule has 0 aliphatic carbocycles. The zero-order valence-corrected chi connectivity index (χ0v) is 14.4. The number of benzene rings is 2. The van der Waals surface area contributed by atoms with E-state index in [9.17, 15) is 10.1 Å². The van der Waals surface area contributed by atoms with Gasteiger partial charge in [-0.2, -0.15) is 5.26 Å². The quantitative estimate of drug-likeness (QED) is 0.655. The van der Waals surface area contributed by atoms with Crippen molar-refractivity contribution in [2.45, 2.75) is 13.5 Å². The number of amides is 1. The fourth-order valence-electron chi connectivity index (χ4n) is 2.75. The molecule has 0 aliphatic heterocycles. The molecule has 26 heavy (non-hydrogen) atoms. The van der Waals surface area contributed by atoms with Crippen molar-refractivity contribution in [3.63, 3.8) is 0 Å². The number of para-hydroxylation sites is 1. The summed E-state index contributed by atoms with van der Waals surface area (Å²) in [6.45, 7) is 2.58. The maximum atomic E-state index is 13.4. The average Bonchev–Trinajstić information content (AvgIpc) is 3.18. The van der Waals surface area contributed by atoms with Crippen molar-refractivity contribution in [1.29, 1.82) is 5.26 Å². The van der Waals surface area contributed by atoms with Crippen molar-refractivity contribution >= 4 is 17.3 Å². The van der Waals surface area contributed by atoms with Gasteiger partial charge in [-0.25, -0.2) is 4.98 Å². The molecule has 1 heterocycles. The van der Waals surface area contributed by atoms with Gasteiger partial charge in [0, 0.05) is 30.7 Å². The second kappa shape index (κ2) is 7.95. The molecule has 128 valence electrons. The fourth-order valence-corrected chi connectivity index (χ4v) is 2.75. The van der Waals surface area contributed by atoms with E-state index in [2.05, 4.69) is 11.1 Å². The van der Waals surface area contributed by atoms with Crippen LogP contribution in [0.15, 0.2) is 79.1 Å². The van der Waals surface area contributed by atoms with Gasteiger partial charge in [0.1, 0.15) is 0 Å². The molecule has 0 bridgehead atoms. The van der Waals surface area contributed by atoms with Gasteiger partial charge in [-0.15, -0.1) is 0 Å². The Labute approximate surface area is 152 Å². The third kappa shape index (κ3) is 3.40. The lowest BCUT2D eigenvalue weighted by molar-refractivity contribution is 0.0986. The van der Waals surface area contributed by atoms with Gasteiger partial charge in [-0.05, 0) is 24.6 Å². The molecule has 0 unspecified atom stereocenters. The SMILES string of the molecule is CCn1ccnc1C(=O)N(/C(=C\C#N)c1ccccc1)c1ccccc1. The molecule has 3 aromatic rings. The molecule has 5 heteroatoms. The number of hydrogen-bond donors (Lipinski definition) is 0. The third-order valence-corrected chi connectivity index (χ3v) is 3.98. The van der Waals surface area contributed by atoms with Gasteiger partial charge in [0.15, 0.2) is 5.82 Å². The predicted octanol–water partition coefficient (Wildman–Crippen LogP) is 4.11. The molecular weight excluding hydrogens is 324 g/mol. The monoisotopic (exact) mass is 342 g/mol. The maximum absolute atomic E-state index is 13.4. The van der Waals surface area contributed by atoms with Crippen LogP contribution in [-0.2, 0) is 6.54 Å². The van der Waals surface area contributed by atoms with Crippen LogP contribution in [0, 0.1) is 11.3 Å². The van der Waals surface area contributed by atoms with E-state index in [0.717, 1.165) is 5.56 Å². The molecule has 0 fully saturated rings. The Bertz CT molecular complexity index is 952. The molecule has 0 atom stereocenters. The first-order valence-corrected chi connectivity index (χ1v) is 8.32. The third-order valence-electron chi connectivity index (χ3n) is 3.98. The van der Waals surface area contributed by atoms with Crippen molar-refractivity contribution in [1.82, 2.24) is 9.55 Å². The van der Waals surface area contributed by atoms with Crippen LogP contribution in [0.25, 0.3) is 5.70 Å². The molecule has 0 saturated carbocycles. The molecule has 2 aromatic carbocycles. The van der Waals surface area contributed by atoms with E-state index in [1.165, 1.54) is 11.0 Å². The number of hydrogen-bond acceptors (Lipinski definition) is 3. The van der Waals surface area contributed by atoms with E-state index < -0.39 is 0 Å². The van der Waals surface area contributed by atoms with Gasteiger partial charge in [0.2, 0.25) is 0 Å². The molecule has 1 aromatic heterocycles. The van der Waals surface area contributed by atoms with Gasteiger partial charge in [0.25, 0.3) is 5.91 Å². The van der Waals surface area contributed by atoms with Crippen LogP contribution >= 0.6 is 0 Å². The summed E-state index contributed by atoms with van der Waals surface area (Å²) in [5, 5.41) is 9.32. The van der Waals surface area contributed by atoms with Crippen molar-refractivity contribution in [3.05, 3.63) is 90.5 Å². The van der Waals surface area contributed by atoms with E-state index in [-0.39, 0.29) is 5.91 Å². The Balaban J connectivity index is 2.17. The number of carbonyl (C=O) groups excluding carboxylic acids is 1. The summed E-state index contributed by atoms with van der Waals surface area (Å²) in [4.78, 5) is 19.1. The Morgan fingerprint density at radius 3 is 2.42 bits per heavy atom. The smallest absolute Gasteiger partial charge is 0.298 e. The first kappa shape index (κ1) is 17.2. The van der Waals surface area contributed by atoms with Gasteiger partial charge in [-0.1, -0.05) is 48.5 Å². The lowest BCUT2D eigenvalue weighted by atomic mass is 10.1. The van der Waals surface area contributed by atoms with Crippen LogP contribution in [0.3, 0.4) is 0 Å². The van der Waals surface area contributed by atoms with Crippen LogP contribution in [-0.4, -0.2) is 15.5 Å². The van der Waals surface area contributed by atoms with Gasteiger partial charge < -0.3 is 4.57 Å². The number of carbonyl (C=O) groups is 1. The maximum Gasteiger partial charge on any atom is 0.298 e. The van der Waals surface area contributed by atoms with Gasteiger partial charge >= 0.3 is 0 Å². The number of imidazole rings is 1. The number of anilines is 1. The molecule has 0 spiro atoms. The van der Waals surface area contributed by atoms with Crippen LogP contribution in [0.1, 0.15) is 23.1 Å². The highest BCUT2D eigenvalue weighted by Gasteiger charge is 2.26. The highest BCUT2D eigenvalue weighted by atomic mass is 16.2. The summed E-state index contributed by atoms with van der Waals surface area (Å²) >= 11 is 0. The van der Waals surface area contributed by atoms with Crippen LogP contribution in [0.4, 0.5) is 5.69 Å². The number of aryl methyl sites for hydroxylation is 1. The Hall–Kier alpha value is -3.65. The predicted molar refractivity (Wildman–Crippen MR) is 101 cm³/mol. The second-order valence-corrected chi connectivity index (χ2v) is 5.54. The first-order valence-electron chi connectivity index (χ1n) is 8.32. The van der Waals surface area contributed by atoms with E-state index in [4.69, 9.17) is 0 Å². The molecule has 3 rings (SSSR count). The zero-order valence-electron chi connectivity index (χ0n) is 14.4. The second-order valence-electron chi connectivity index (χ2n) is 5.54. The zero-order chi connectivity index (χ0) is 18.4. The molecule has 0 saturated heterocycles. The summed E-state index contributed by atoms with van der Waals surface area (Å²) < 4.78 is 1.78. The summed E-state index contributed by atoms with van der Waals surface area (Å²) in [5.41, 5.74) is 1.96. The van der Waals surface area contributed by atoms with Gasteiger partial charge in [-0.3, -0.25) is 9.69 Å². The first-order chi connectivity index (χ1) is 12.8. The van der Waals surface area contributed by atoms with E-state index in [0.29, 0.717) is 23.8 Å². The minimum atomic E-state index is -0.284. The van der Waals surface area contributed by atoms with Crippen molar-refractivity contribution < 1.29 is 4.79 Å². The Morgan fingerprint density at radius 1 is 1.15 bits per heavy atom. The van der Waals surface area contributed by atoms with Crippen LogP contribution < -0.4 is 4.90 Å². The number of aromatic nitrogens is 2. The van der Waals surface area contributed by atoms with E-state index in [1.54, 1.807) is 17.0 Å². The number of rotatable bonds is 5. The van der Waals surface area contributed by atoms with Crippen molar-refractivity contribution in [3.8, 4) is 6.07 Å². The molecule has 0 radical (unpaired) electrons. The molecule has 5 nitrogen and oxygen atoms in total. The average molecular weight is 342 g/mol. The molecule has 0 N–H and O–H groups in total. The fraction of sp³-hybridized carbons (Fsp3) is 0.0952. The molecule has 1 amide bonds. The van der Waals surface area contributed by atoms with Crippen LogP contribution in [0.2, 0.25) is 0 Å². The van der Waals surface area contributed by atoms with E-state index >= 15 is 0 Å².